The SMILES string of the molecule is CSc1ccc(Cl)c(C(=O)NCc2cn(-c3ccccc3)nc2-c2ccccc2)c1. The Morgan fingerprint density at radius 2 is 1.73 bits per heavy atom. The molecule has 0 spiro atoms. The number of amides is 1. The molecule has 30 heavy (non-hydrogen) atoms. The van der Waals surface area contributed by atoms with Gasteiger partial charge in [0.1, 0.15) is 0 Å². The molecule has 0 unspecified atom stereocenters. The molecular weight excluding hydrogens is 414 g/mol. The Balaban J connectivity index is 1.63. The van der Waals surface area contributed by atoms with E-state index in [4.69, 9.17) is 16.7 Å². The number of rotatable bonds is 6. The highest BCUT2D eigenvalue weighted by Crippen LogP contribution is 2.25. The first-order valence-electron chi connectivity index (χ1n) is 9.47. The number of aromatic nitrogens is 2. The molecule has 0 aliphatic carbocycles. The van der Waals surface area contributed by atoms with Crippen LogP contribution in [0.25, 0.3) is 16.9 Å². The molecule has 1 N–H and O–H groups in total. The first-order valence-corrected chi connectivity index (χ1v) is 11.1. The quantitative estimate of drug-likeness (QED) is 0.388. The summed E-state index contributed by atoms with van der Waals surface area (Å²) in [7, 11) is 0. The molecule has 150 valence electrons. The fourth-order valence-corrected chi connectivity index (χ4v) is 3.81. The minimum atomic E-state index is -0.206. The first kappa shape index (κ1) is 20.3. The molecule has 0 atom stereocenters. The number of para-hydroxylation sites is 1. The fraction of sp³-hybridized carbons (Fsp3) is 0.0833. The van der Waals surface area contributed by atoms with Crippen LogP contribution < -0.4 is 5.32 Å². The third-order valence-corrected chi connectivity index (χ3v) is 5.77. The van der Waals surface area contributed by atoms with Crippen molar-refractivity contribution in [2.24, 2.45) is 0 Å². The summed E-state index contributed by atoms with van der Waals surface area (Å²) in [4.78, 5) is 13.8. The Morgan fingerprint density at radius 3 is 2.43 bits per heavy atom. The van der Waals surface area contributed by atoms with Gasteiger partial charge < -0.3 is 5.32 Å². The lowest BCUT2D eigenvalue weighted by Crippen LogP contribution is -2.23. The highest BCUT2D eigenvalue weighted by Gasteiger charge is 2.15. The summed E-state index contributed by atoms with van der Waals surface area (Å²) in [6, 6.07) is 25.3. The maximum atomic E-state index is 12.8. The molecule has 0 fully saturated rings. The maximum Gasteiger partial charge on any atom is 0.253 e. The van der Waals surface area contributed by atoms with Crippen molar-refractivity contribution in [1.29, 1.82) is 0 Å². The Morgan fingerprint density at radius 1 is 1.03 bits per heavy atom. The van der Waals surface area contributed by atoms with Crippen LogP contribution in [0.4, 0.5) is 0 Å². The second-order valence-corrected chi connectivity index (χ2v) is 7.96. The van der Waals surface area contributed by atoms with Crippen LogP contribution in [0.1, 0.15) is 15.9 Å². The zero-order chi connectivity index (χ0) is 20.9. The molecule has 1 amide bonds. The molecule has 0 saturated heterocycles. The highest BCUT2D eigenvalue weighted by molar-refractivity contribution is 7.98. The van der Waals surface area contributed by atoms with Gasteiger partial charge in [-0.25, -0.2) is 4.68 Å². The van der Waals surface area contributed by atoms with Gasteiger partial charge >= 0.3 is 0 Å². The van der Waals surface area contributed by atoms with Gasteiger partial charge in [-0.3, -0.25) is 4.79 Å². The fourth-order valence-electron chi connectivity index (χ4n) is 3.17. The molecule has 3 aromatic carbocycles. The van der Waals surface area contributed by atoms with Crippen LogP contribution in [0, 0.1) is 0 Å². The van der Waals surface area contributed by atoms with Crippen LogP contribution in [-0.2, 0) is 6.54 Å². The second-order valence-electron chi connectivity index (χ2n) is 6.68. The van der Waals surface area contributed by atoms with Crippen molar-refractivity contribution < 1.29 is 4.79 Å². The third-order valence-electron chi connectivity index (χ3n) is 4.72. The summed E-state index contributed by atoms with van der Waals surface area (Å²) in [5, 5.41) is 8.22. The second kappa shape index (κ2) is 9.20. The number of nitrogens with one attached hydrogen (secondary N) is 1. The highest BCUT2D eigenvalue weighted by atomic mass is 35.5. The summed E-state index contributed by atoms with van der Waals surface area (Å²) < 4.78 is 1.84. The Bertz CT molecular complexity index is 1160. The van der Waals surface area contributed by atoms with E-state index in [9.17, 15) is 4.79 Å². The van der Waals surface area contributed by atoms with Crippen molar-refractivity contribution in [3.05, 3.63) is 101 Å². The smallest absolute Gasteiger partial charge is 0.253 e. The average molecular weight is 434 g/mol. The predicted molar refractivity (Wildman–Crippen MR) is 123 cm³/mol. The van der Waals surface area contributed by atoms with E-state index >= 15 is 0 Å². The van der Waals surface area contributed by atoms with Crippen LogP contribution in [0.5, 0.6) is 0 Å². The summed E-state index contributed by atoms with van der Waals surface area (Å²) in [5.74, 6) is -0.206. The largest absolute Gasteiger partial charge is 0.348 e. The minimum Gasteiger partial charge on any atom is -0.348 e. The van der Waals surface area contributed by atoms with E-state index in [0.29, 0.717) is 17.1 Å². The van der Waals surface area contributed by atoms with E-state index < -0.39 is 0 Å². The molecule has 0 aliphatic heterocycles. The van der Waals surface area contributed by atoms with Crippen molar-refractivity contribution in [3.8, 4) is 16.9 Å². The molecule has 0 bridgehead atoms. The number of hydrogen-bond acceptors (Lipinski definition) is 3. The van der Waals surface area contributed by atoms with E-state index in [1.807, 2.05) is 89.9 Å². The van der Waals surface area contributed by atoms with Crippen molar-refractivity contribution in [2.75, 3.05) is 6.26 Å². The van der Waals surface area contributed by atoms with Gasteiger partial charge in [0, 0.05) is 28.8 Å². The topological polar surface area (TPSA) is 46.9 Å². The number of nitrogens with zero attached hydrogens (tertiary/aromatic N) is 2. The molecule has 0 saturated carbocycles. The number of halogens is 1. The number of carbonyl (C=O) groups is 1. The molecule has 0 radical (unpaired) electrons. The molecule has 1 aromatic heterocycles. The van der Waals surface area contributed by atoms with Gasteiger partial charge in [-0.2, -0.15) is 5.10 Å². The molecule has 4 aromatic rings. The molecule has 6 heteroatoms. The van der Waals surface area contributed by atoms with Crippen molar-refractivity contribution in [1.82, 2.24) is 15.1 Å². The van der Waals surface area contributed by atoms with Crippen LogP contribution >= 0.6 is 23.4 Å². The van der Waals surface area contributed by atoms with Crippen molar-refractivity contribution >= 4 is 29.3 Å². The lowest BCUT2D eigenvalue weighted by atomic mass is 10.1. The van der Waals surface area contributed by atoms with Gasteiger partial charge in [-0.1, -0.05) is 60.1 Å². The van der Waals surface area contributed by atoms with Gasteiger partial charge in [0.25, 0.3) is 5.91 Å². The molecular formula is C24H20ClN3OS. The molecule has 4 nitrogen and oxygen atoms in total. The summed E-state index contributed by atoms with van der Waals surface area (Å²) in [6.45, 7) is 0.343. The zero-order valence-electron chi connectivity index (χ0n) is 16.4. The van der Waals surface area contributed by atoms with Crippen LogP contribution in [0.15, 0.2) is 90.0 Å². The third kappa shape index (κ3) is 4.42. The van der Waals surface area contributed by atoms with E-state index in [2.05, 4.69) is 5.32 Å². The van der Waals surface area contributed by atoms with Gasteiger partial charge in [0.05, 0.1) is 22.0 Å². The van der Waals surface area contributed by atoms with E-state index in [-0.39, 0.29) is 5.91 Å². The Labute approximate surface area is 184 Å². The van der Waals surface area contributed by atoms with Gasteiger partial charge in [-0.15, -0.1) is 11.8 Å². The van der Waals surface area contributed by atoms with Crippen LogP contribution in [-0.4, -0.2) is 21.9 Å². The Kier molecular flexibility index (Phi) is 6.21. The van der Waals surface area contributed by atoms with Crippen LogP contribution in [0.3, 0.4) is 0 Å². The lowest BCUT2D eigenvalue weighted by Gasteiger charge is -2.08. The van der Waals surface area contributed by atoms with E-state index in [0.717, 1.165) is 27.4 Å². The summed E-state index contributed by atoms with van der Waals surface area (Å²) >= 11 is 7.83. The van der Waals surface area contributed by atoms with E-state index in [1.54, 1.807) is 17.8 Å². The normalized spacial score (nSPS) is 10.7. The number of carbonyl (C=O) groups excluding carboxylic acids is 1. The standard InChI is InChI=1S/C24H20ClN3OS/c1-30-20-12-13-22(25)21(14-20)24(29)26-15-18-16-28(19-10-6-3-7-11-19)27-23(18)17-8-4-2-5-9-17/h2-14,16H,15H2,1H3,(H,26,29). The minimum absolute atomic E-state index is 0.206. The maximum absolute atomic E-state index is 12.8. The summed E-state index contributed by atoms with van der Waals surface area (Å²) in [6.07, 6.45) is 3.92. The average Bonchev–Trinajstić information content (AvgIpc) is 3.23. The molecule has 4 rings (SSSR count). The van der Waals surface area contributed by atoms with Crippen molar-refractivity contribution in [2.45, 2.75) is 11.4 Å². The van der Waals surface area contributed by atoms with Gasteiger partial charge in [0.2, 0.25) is 0 Å². The van der Waals surface area contributed by atoms with E-state index in [1.165, 1.54) is 0 Å². The van der Waals surface area contributed by atoms with Gasteiger partial charge in [0.15, 0.2) is 0 Å². The van der Waals surface area contributed by atoms with Crippen molar-refractivity contribution in [3.63, 3.8) is 0 Å². The molecule has 1 heterocycles. The Hall–Kier alpha value is -3.02. The molecule has 0 aliphatic rings. The number of benzene rings is 3. The van der Waals surface area contributed by atoms with Crippen LogP contribution in [0.2, 0.25) is 5.02 Å². The number of thioether (sulfide) groups is 1. The first-order chi connectivity index (χ1) is 14.7. The summed E-state index contributed by atoms with van der Waals surface area (Å²) in [5.41, 5.74) is 4.20. The van der Waals surface area contributed by atoms with Gasteiger partial charge in [-0.05, 0) is 36.6 Å². The zero-order valence-corrected chi connectivity index (χ0v) is 18.0. The number of hydrogen-bond donors (Lipinski definition) is 1. The predicted octanol–water partition coefficient (Wildman–Crippen LogP) is 5.84. The lowest BCUT2D eigenvalue weighted by molar-refractivity contribution is 0.0951. The monoisotopic (exact) mass is 433 g/mol.